The molecule has 6 nitrogen and oxygen atoms in total. The Morgan fingerprint density at radius 3 is 2.38 bits per heavy atom. The number of rotatable bonds is 14. The topological polar surface area (TPSA) is 78.9 Å². The van der Waals surface area contributed by atoms with Gasteiger partial charge in [0.15, 0.2) is 6.10 Å². The third-order valence-corrected chi connectivity index (χ3v) is 3.84. The van der Waals surface area contributed by atoms with E-state index in [4.69, 9.17) is 14.2 Å². The van der Waals surface area contributed by atoms with E-state index in [1.165, 1.54) is 0 Å². The van der Waals surface area contributed by atoms with Gasteiger partial charge in [-0.1, -0.05) is 33.6 Å². The Hall–Kier alpha value is -1.59. The third kappa shape index (κ3) is 11.0. The van der Waals surface area contributed by atoms with Crippen LogP contribution in [-0.2, 0) is 28.6 Å². The molecular weight excluding hydrogens is 312 g/mol. The van der Waals surface area contributed by atoms with E-state index in [1.54, 1.807) is 6.92 Å². The standard InChI is InChI=1S/C18H32O6/c1-5-7-10-16(23-13-19)18(21)24-15(4)9-8-11-17(20)22-12-14(3)6-2/h13-16H,5-12H2,1-4H3. The molecule has 0 aliphatic heterocycles. The van der Waals surface area contributed by atoms with Crippen molar-refractivity contribution in [3.8, 4) is 0 Å². The Morgan fingerprint density at radius 1 is 1.08 bits per heavy atom. The van der Waals surface area contributed by atoms with Crippen molar-refractivity contribution in [3.05, 3.63) is 0 Å². The van der Waals surface area contributed by atoms with Gasteiger partial charge in [-0.3, -0.25) is 9.59 Å². The van der Waals surface area contributed by atoms with Gasteiger partial charge >= 0.3 is 11.9 Å². The van der Waals surface area contributed by atoms with Crippen molar-refractivity contribution in [2.75, 3.05) is 6.61 Å². The van der Waals surface area contributed by atoms with E-state index in [1.807, 2.05) is 13.8 Å². The van der Waals surface area contributed by atoms with E-state index in [2.05, 4.69) is 6.92 Å². The molecule has 0 N–H and O–H groups in total. The monoisotopic (exact) mass is 344 g/mol. The predicted octanol–water partition coefficient (Wildman–Crippen LogP) is 3.41. The number of carbonyl (C=O) groups is 3. The molecule has 0 radical (unpaired) electrons. The largest absolute Gasteiger partial charge is 0.465 e. The highest BCUT2D eigenvalue weighted by atomic mass is 16.6. The van der Waals surface area contributed by atoms with Crippen LogP contribution in [0.4, 0.5) is 0 Å². The molecule has 0 saturated heterocycles. The molecular formula is C18H32O6. The van der Waals surface area contributed by atoms with E-state index >= 15 is 0 Å². The van der Waals surface area contributed by atoms with Crippen LogP contribution in [0, 0.1) is 5.92 Å². The van der Waals surface area contributed by atoms with Crippen LogP contribution in [-0.4, -0.2) is 37.2 Å². The molecule has 0 saturated carbocycles. The first-order chi connectivity index (χ1) is 11.4. The van der Waals surface area contributed by atoms with E-state index < -0.39 is 12.1 Å². The lowest BCUT2D eigenvalue weighted by atomic mass is 10.1. The Labute approximate surface area is 145 Å². The molecule has 0 aliphatic carbocycles. The molecule has 0 aromatic carbocycles. The van der Waals surface area contributed by atoms with Gasteiger partial charge in [0, 0.05) is 6.42 Å². The van der Waals surface area contributed by atoms with Crippen LogP contribution < -0.4 is 0 Å². The van der Waals surface area contributed by atoms with Gasteiger partial charge in [-0.25, -0.2) is 4.79 Å². The highest BCUT2D eigenvalue weighted by Crippen LogP contribution is 2.11. The quantitative estimate of drug-likeness (QED) is 0.273. The van der Waals surface area contributed by atoms with Crippen molar-refractivity contribution in [1.29, 1.82) is 0 Å². The zero-order valence-corrected chi connectivity index (χ0v) is 15.4. The normalized spacial score (nSPS) is 14.3. The summed E-state index contributed by atoms with van der Waals surface area (Å²) < 4.78 is 15.2. The number of esters is 2. The lowest BCUT2D eigenvalue weighted by molar-refractivity contribution is -0.166. The molecule has 3 unspecified atom stereocenters. The van der Waals surface area contributed by atoms with Gasteiger partial charge < -0.3 is 14.2 Å². The Morgan fingerprint density at radius 2 is 1.79 bits per heavy atom. The van der Waals surface area contributed by atoms with Crippen molar-refractivity contribution in [3.63, 3.8) is 0 Å². The smallest absolute Gasteiger partial charge is 0.347 e. The Kier molecular flexibility index (Phi) is 12.9. The first kappa shape index (κ1) is 22.4. The zero-order valence-electron chi connectivity index (χ0n) is 15.4. The van der Waals surface area contributed by atoms with Crippen LogP contribution in [0.5, 0.6) is 0 Å². The predicted molar refractivity (Wildman–Crippen MR) is 90.3 cm³/mol. The SMILES string of the molecule is CCCCC(OC=O)C(=O)OC(C)CCCC(=O)OCC(C)CC. The van der Waals surface area contributed by atoms with Crippen LogP contribution in [0.25, 0.3) is 0 Å². The second kappa shape index (κ2) is 13.8. The summed E-state index contributed by atoms with van der Waals surface area (Å²) in [4.78, 5) is 34.0. The fraction of sp³-hybridized carbons (Fsp3) is 0.833. The number of hydrogen-bond donors (Lipinski definition) is 0. The molecule has 0 bridgehead atoms. The minimum absolute atomic E-state index is 0.223. The fourth-order valence-electron chi connectivity index (χ4n) is 1.99. The summed E-state index contributed by atoms with van der Waals surface area (Å²) in [5.41, 5.74) is 0. The van der Waals surface area contributed by atoms with Crippen LogP contribution in [0.3, 0.4) is 0 Å². The Bertz CT molecular complexity index is 369. The summed E-state index contributed by atoms with van der Waals surface area (Å²) in [6.07, 6.45) is 3.40. The molecule has 0 rings (SSSR count). The van der Waals surface area contributed by atoms with Gasteiger partial charge in [0.1, 0.15) is 0 Å². The van der Waals surface area contributed by atoms with Crippen molar-refractivity contribution < 1.29 is 28.6 Å². The molecule has 6 heteroatoms. The first-order valence-electron chi connectivity index (χ1n) is 8.89. The number of unbranched alkanes of at least 4 members (excludes halogenated alkanes) is 1. The van der Waals surface area contributed by atoms with Crippen LogP contribution >= 0.6 is 0 Å². The van der Waals surface area contributed by atoms with Crippen molar-refractivity contribution in [2.45, 2.75) is 84.8 Å². The zero-order chi connectivity index (χ0) is 18.4. The molecule has 0 aliphatic rings. The average molecular weight is 344 g/mol. The summed E-state index contributed by atoms with van der Waals surface area (Å²) in [5, 5.41) is 0. The summed E-state index contributed by atoms with van der Waals surface area (Å²) in [6, 6.07) is 0. The second-order valence-corrected chi connectivity index (χ2v) is 6.20. The first-order valence-corrected chi connectivity index (χ1v) is 8.89. The molecule has 0 aromatic heterocycles. The van der Waals surface area contributed by atoms with E-state index in [9.17, 15) is 14.4 Å². The highest BCUT2D eigenvalue weighted by Gasteiger charge is 2.22. The van der Waals surface area contributed by atoms with Gasteiger partial charge in [-0.05, 0) is 38.5 Å². The van der Waals surface area contributed by atoms with Crippen LogP contribution in [0.2, 0.25) is 0 Å². The van der Waals surface area contributed by atoms with Gasteiger partial charge in [0.2, 0.25) is 0 Å². The average Bonchev–Trinajstić information content (AvgIpc) is 2.56. The van der Waals surface area contributed by atoms with Crippen LogP contribution in [0.15, 0.2) is 0 Å². The molecule has 0 aromatic rings. The molecule has 0 amide bonds. The summed E-state index contributed by atoms with van der Waals surface area (Å²) in [5.74, 6) is -0.381. The maximum atomic E-state index is 12.0. The molecule has 24 heavy (non-hydrogen) atoms. The van der Waals surface area contributed by atoms with Crippen LogP contribution in [0.1, 0.15) is 72.6 Å². The van der Waals surface area contributed by atoms with Gasteiger partial charge in [-0.2, -0.15) is 0 Å². The Balaban J connectivity index is 4.01. The third-order valence-electron chi connectivity index (χ3n) is 3.84. The van der Waals surface area contributed by atoms with Gasteiger partial charge in [0.05, 0.1) is 12.7 Å². The molecule has 0 fully saturated rings. The molecule has 140 valence electrons. The lowest BCUT2D eigenvalue weighted by Crippen LogP contribution is -2.29. The molecule has 0 spiro atoms. The van der Waals surface area contributed by atoms with Crippen molar-refractivity contribution in [2.24, 2.45) is 5.92 Å². The summed E-state index contributed by atoms with van der Waals surface area (Å²) in [6.45, 7) is 8.57. The summed E-state index contributed by atoms with van der Waals surface area (Å²) in [7, 11) is 0. The van der Waals surface area contributed by atoms with Crippen molar-refractivity contribution >= 4 is 18.4 Å². The maximum Gasteiger partial charge on any atom is 0.347 e. The second-order valence-electron chi connectivity index (χ2n) is 6.20. The minimum atomic E-state index is -0.842. The van der Waals surface area contributed by atoms with E-state index in [0.29, 0.717) is 38.2 Å². The highest BCUT2D eigenvalue weighted by molar-refractivity contribution is 5.76. The summed E-state index contributed by atoms with van der Waals surface area (Å²) >= 11 is 0. The number of carbonyl (C=O) groups excluding carboxylic acids is 3. The van der Waals surface area contributed by atoms with E-state index in [0.717, 1.165) is 19.3 Å². The fourth-order valence-corrected chi connectivity index (χ4v) is 1.99. The van der Waals surface area contributed by atoms with E-state index in [-0.39, 0.29) is 18.5 Å². The minimum Gasteiger partial charge on any atom is -0.465 e. The van der Waals surface area contributed by atoms with Gasteiger partial charge in [-0.15, -0.1) is 0 Å². The molecule has 0 heterocycles. The van der Waals surface area contributed by atoms with Crippen molar-refractivity contribution in [1.82, 2.24) is 0 Å². The number of hydrogen-bond acceptors (Lipinski definition) is 6. The maximum absolute atomic E-state index is 12.0. The molecule has 3 atom stereocenters. The van der Waals surface area contributed by atoms with Gasteiger partial charge in [0.25, 0.3) is 6.47 Å². The number of ether oxygens (including phenoxy) is 3. The lowest BCUT2D eigenvalue weighted by Gasteiger charge is -2.18.